The van der Waals surface area contributed by atoms with Crippen molar-refractivity contribution in [1.82, 2.24) is 4.98 Å². The van der Waals surface area contributed by atoms with Crippen molar-refractivity contribution in [2.45, 2.75) is 6.92 Å². The predicted molar refractivity (Wildman–Crippen MR) is 97.5 cm³/mol. The summed E-state index contributed by atoms with van der Waals surface area (Å²) in [6.45, 7) is 2.07. The van der Waals surface area contributed by atoms with Crippen LogP contribution in [0.5, 0.6) is 11.5 Å². The average Bonchev–Trinajstić information content (AvgIpc) is 3.27. The van der Waals surface area contributed by atoms with Crippen molar-refractivity contribution in [3.05, 3.63) is 53.5 Å². The van der Waals surface area contributed by atoms with Gasteiger partial charge in [0, 0.05) is 11.8 Å². The minimum absolute atomic E-state index is 0.201. The molecule has 7 heteroatoms. The van der Waals surface area contributed by atoms with Gasteiger partial charge in [0.15, 0.2) is 11.5 Å². The molecule has 0 radical (unpaired) electrons. The molecule has 126 valence electrons. The summed E-state index contributed by atoms with van der Waals surface area (Å²) in [5.41, 5.74) is 2.95. The number of carbonyl (C=O) groups is 1. The zero-order chi connectivity index (χ0) is 17.2. The van der Waals surface area contributed by atoms with Gasteiger partial charge in [0.25, 0.3) is 0 Å². The monoisotopic (exact) mass is 353 g/mol. The maximum Gasteiger partial charge on any atom is 0.323 e. The summed E-state index contributed by atoms with van der Waals surface area (Å²) in [7, 11) is 0. The van der Waals surface area contributed by atoms with Gasteiger partial charge < -0.3 is 20.1 Å². The molecule has 3 aromatic rings. The number of rotatable bonds is 3. The molecule has 0 saturated heterocycles. The molecule has 6 nitrogen and oxygen atoms in total. The van der Waals surface area contributed by atoms with Crippen LogP contribution in [0.25, 0.3) is 10.6 Å². The normalized spacial score (nSPS) is 12.0. The number of carbonyl (C=O) groups excluding carboxylic acids is 1. The van der Waals surface area contributed by atoms with E-state index in [4.69, 9.17) is 9.47 Å². The first-order chi connectivity index (χ1) is 12.2. The molecule has 0 bridgehead atoms. The number of nitrogens with zero attached hydrogens (tertiary/aromatic N) is 1. The molecule has 1 aliphatic rings. The first-order valence-corrected chi connectivity index (χ1v) is 8.56. The van der Waals surface area contributed by atoms with Crippen molar-refractivity contribution in [3.63, 3.8) is 0 Å². The van der Waals surface area contributed by atoms with Crippen LogP contribution in [-0.2, 0) is 0 Å². The predicted octanol–water partition coefficient (Wildman–Crippen LogP) is 4.49. The van der Waals surface area contributed by atoms with Crippen molar-refractivity contribution in [2.75, 3.05) is 17.4 Å². The number of thiophene rings is 1. The van der Waals surface area contributed by atoms with Gasteiger partial charge in [-0.15, -0.1) is 11.3 Å². The first-order valence-electron chi connectivity index (χ1n) is 7.68. The van der Waals surface area contributed by atoms with Crippen molar-refractivity contribution < 1.29 is 14.3 Å². The van der Waals surface area contributed by atoms with Gasteiger partial charge in [-0.05, 0) is 42.6 Å². The number of aryl methyl sites for hydroxylation is 1. The molecule has 2 amide bonds. The zero-order valence-electron chi connectivity index (χ0n) is 13.4. The van der Waals surface area contributed by atoms with Gasteiger partial charge in [0.1, 0.15) is 0 Å². The van der Waals surface area contributed by atoms with E-state index >= 15 is 0 Å². The third-order valence-corrected chi connectivity index (χ3v) is 4.63. The van der Waals surface area contributed by atoms with Crippen LogP contribution in [0, 0.1) is 6.92 Å². The highest BCUT2D eigenvalue weighted by Gasteiger charge is 2.14. The van der Waals surface area contributed by atoms with Crippen LogP contribution in [0.15, 0.2) is 47.8 Å². The van der Waals surface area contributed by atoms with E-state index in [-0.39, 0.29) is 12.8 Å². The number of pyridine rings is 1. The molecule has 0 spiro atoms. The molecule has 0 saturated carbocycles. The second kappa shape index (κ2) is 6.45. The van der Waals surface area contributed by atoms with E-state index in [9.17, 15) is 4.79 Å². The number of anilines is 2. The quantitative estimate of drug-likeness (QED) is 0.728. The Morgan fingerprint density at radius 2 is 2.00 bits per heavy atom. The lowest BCUT2D eigenvalue weighted by atomic mass is 10.2. The number of urea groups is 1. The van der Waals surface area contributed by atoms with Crippen LogP contribution in [0.1, 0.15) is 5.69 Å². The molecular formula is C18H15N3O3S. The van der Waals surface area contributed by atoms with Gasteiger partial charge in [0.05, 0.1) is 22.0 Å². The van der Waals surface area contributed by atoms with Crippen molar-refractivity contribution >= 4 is 28.7 Å². The SMILES string of the molecule is Cc1nc(-c2cccs2)ccc1NC(=O)Nc1ccc2c(c1)OCO2. The fourth-order valence-corrected chi connectivity index (χ4v) is 3.21. The van der Waals surface area contributed by atoms with Gasteiger partial charge >= 0.3 is 6.03 Å². The van der Waals surface area contributed by atoms with E-state index in [1.807, 2.05) is 36.6 Å². The summed E-state index contributed by atoms with van der Waals surface area (Å²) in [5.74, 6) is 1.30. The highest BCUT2D eigenvalue weighted by atomic mass is 32.1. The maximum absolute atomic E-state index is 12.2. The highest BCUT2D eigenvalue weighted by Crippen LogP contribution is 2.34. The number of benzene rings is 1. The van der Waals surface area contributed by atoms with E-state index in [0.29, 0.717) is 22.9 Å². The number of hydrogen-bond donors (Lipinski definition) is 2. The first kappa shape index (κ1) is 15.5. The van der Waals surface area contributed by atoms with E-state index in [1.165, 1.54) is 0 Å². The molecule has 4 rings (SSSR count). The van der Waals surface area contributed by atoms with Crippen LogP contribution >= 0.6 is 11.3 Å². The van der Waals surface area contributed by atoms with E-state index in [2.05, 4.69) is 15.6 Å². The molecule has 0 aliphatic carbocycles. The minimum atomic E-state index is -0.340. The molecule has 2 aromatic heterocycles. The number of aromatic nitrogens is 1. The lowest BCUT2D eigenvalue weighted by molar-refractivity contribution is 0.174. The van der Waals surface area contributed by atoms with Gasteiger partial charge in [0.2, 0.25) is 6.79 Å². The zero-order valence-corrected chi connectivity index (χ0v) is 14.2. The molecule has 1 aromatic carbocycles. The Labute approximate surface area is 148 Å². The van der Waals surface area contributed by atoms with Gasteiger partial charge in [-0.25, -0.2) is 4.79 Å². The van der Waals surface area contributed by atoms with Gasteiger partial charge in [-0.2, -0.15) is 0 Å². The van der Waals surface area contributed by atoms with Gasteiger partial charge in [-0.1, -0.05) is 6.07 Å². The van der Waals surface area contributed by atoms with Crippen molar-refractivity contribution in [3.8, 4) is 22.1 Å². The summed E-state index contributed by atoms with van der Waals surface area (Å²) in [4.78, 5) is 17.9. The molecule has 25 heavy (non-hydrogen) atoms. The fourth-order valence-electron chi connectivity index (χ4n) is 2.51. The molecular weight excluding hydrogens is 338 g/mol. The fraction of sp³-hybridized carbons (Fsp3) is 0.111. The Balaban J connectivity index is 1.45. The van der Waals surface area contributed by atoms with Crippen LogP contribution in [0.2, 0.25) is 0 Å². The smallest absolute Gasteiger partial charge is 0.323 e. The van der Waals surface area contributed by atoms with E-state index < -0.39 is 0 Å². The number of fused-ring (bicyclic) bond motifs is 1. The lowest BCUT2D eigenvalue weighted by Gasteiger charge is -2.10. The Hall–Kier alpha value is -3.06. The van der Waals surface area contributed by atoms with E-state index in [1.54, 1.807) is 29.5 Å². The summed E-state index contributed by atoms with van der Waals surface area (Å²) < 4.78 is 10.6. The topological polar surface area (TPSA) is 72.5 Å². The van der Waals surface area contributed by atoms with Crippen molar-refractivity contribution in [1.29, 1.82) is 0 Å². The summed E-state index contributed by atoms with van der Waals surface area (Å²) >= 11 is 1.63. The summed E-state index contributed by atoms with van der Waals surface area (Å²) in [6.07, 6.45) is 0. The van der Waals surface area contributed by atoms with Crippen LogP contribution in [-0.4, -0.2) is 17.8 Å². The number of ether oxygens (including phenoxy) is 2. The third-order valence-electron chi connectivity index (χ3n) is 3.74. The van der Waals surface area contributed by atoms with Gasteiger partial charge in [-0.3, -0.25) is 4.98 Å². The van der Waals surface area contributed by atoms with Crippen LogP contribution in [0.4, 0.5) is 16.2 Å². The average molecular weight is 353 g/mol. The number of amides is 2. The lowest BCUT2D eigenvalue weighted by Crippen LogP contribution is -2.20. The molecule has 2 N–H and O–H groups in total. The standard InChI is InChI=1S/C18H15N3O3S/c1-11-13(5-6-14(19-11)17-3-2-8-25-17)21-18(22)20-12-4-7-15-16(9-12)24-10-23-15/h2-9H,10H2,1H3,(H2,20,21,22). The number of nitrogens with one attached hydrogen (secondary N) is 2. The largest absolute Gasteiger partial charge is 0.454 e. The Morgan fingerprint density at radius 3 is 2.80 bits per heavy atom. The Kier molecular flexibility index (Phi) is 3.99. The third kappa shape index (κ3) is 3.27. The maximum atomic E-state index is 12.2. The van der Waals surface area contributed by atoms with Crippen molar-refractivity contribution in [2.24, 2.45) is 0 Å². The highest BCUT2D eigenvalue weighted by molar-refractivity contribution is 7.13. The summed E-state index contributed by atoms with van der Waals surface area (Å²) in [5, 5.41) is 7.61. The summed E-state index contributed by atoms with van der Waals surface area (Å²) in [6, 6.07) is 12.7. The Bertz CT molecular complexity index is 925. The molecule has 1 aliphatic heterocycles. The van der Waals surface area contributed by atoms with Crippen LogP contribution < -0.4 is 20.1 Å². The molecule has 0 atom stereocenters. The molecule has 3 heterocycles. The number of hydrogen-bond acceptors (Lipinski definition) is 5. The molecule has 0 fully saturated rings. The minimum Gasteiger partial charge on any atom is -0.454 e. The Morgan fingerprint density at radius 1 is 1.12 bits per heavy atom. The van der Waals surface area contributed by atoms with E-state index in [0.717, 1.165) is 16.3 Å². The second-order valence-electron chi connectivity index (χ2n) is 5.45. The second-order valence-corrected chi connectivity index (χ2v) is 6.40. The molecule has 0 unspecified atom stereocenters. The van der Waals surface area contributed by atoms with Crippen LogP contribution in [0.3, 0.4) is 0 Å².